The summed E-state index contributed by atoms with van der Waals surface area (Å²) >= 11 is 0. The number of nitrogens with one attached hydrogen (secondary N) is 2. The fourth-order valence-electron chi connectivity index (χ4n) is 8.47. The van der Waals surface area contributed by atoms with Crippen LogP contribution in [0.25, 0.3) is 43.7 Å². The van der Waals surface area contributed by atoms with E-state index in [1.165, 1.54) is 21.9 Å². The highest BCUT2D eigenvalue weighted by Crippen LogP contribution is 2.32. The Balaban J connectivity index is 0.000000182. The van der Waals surface area contributed by atoms with E-state index in [0.29, 0.717) is 0 Å². The maximum Gasteiger partial charge on any atom is 0.414 e. The Hall–Kier alpha value is -9.64. The second-order valence-electron chi connectivity index (χ2n) is 16.5. The van der Waals surface area contributed by atoms with E-state index in [2.05, 4.69) is 90.2 Å². The second-order valence-corrected chi connectivity index (χ2v) is 16.5. The Bertz CT molecular complexity index is 3080. The molecule has 74 heavy (non-hydrogen) atoms. The van der Waals surface area contributed by atoms with Crippen molar-refractivity contribution in [1.29, 1.82) is 10.5 Å². The quantitative estimate of drug-likeness (QED) is 0.0838. The molecule has 0 unspecified atom stereocenters. The third kappa shape index (κ3) is 13.8. The largest absolute Gasteiger partial charge is 0.473 e. The maximum atomic E-state index is 9.42. The number of furan rings is 2. The van der Waals surface area contributed by atoms with Gasteiger partial charge in [-0.1, -0.05) is 48.5 Å². The molecule has 8 aromatic rings. The summed E-state index contributed by atoms with van der Waals surface area (Å²) in [6, 6.07) is 33.5. The lowest BCUT2D eigenvalue weighted by molar-refractivity contribution is -0.159. The van der Waals surface area contributed by atoms with Gasteiger partial charge in [0.25, 0.3) is 0 Å². The Morgan fingerprint density at radius 1 is 0.473 bits per heavy atom. The van der Waals surface area contributed by atoms with Crippen molar-refractivity contribution in [2.24, 2.45) is 0 Å². The number of aliphatic carboxylic acids is 6. The lowest BCUT2D eigenvalue weighted by Crippen LogP contribution is -2.47. The van der Waals surface area contributed by atoms with Gasteiger partial charge in [-0.15, -0.1) is 0 Å². The van der Waals surface area contributed by atoms with Crippen LogP contribution in [0.2, 0.25) is 0 Å². The van der Waals surface area contributed by atoms with Crippen LogP contribution in [0.1, 0.15) is 22.3 Å². The Morgan fingerprint density at radius 3 is 1.14 bits per heavy atom. The summed E-state index contributed by atoms with van der Waals surface area (Å²) in [6.45, 7) is 10.1. The Kier molecular flexibility index (Phi) is 18.5. The highest BCUT2D eigenvalue weighted by atomic mass is 16.5. The molecule has 0 radical (unpaired) electrons. The van der Waals surface area contributed by atoms with E-state index in [-0.39, 0.29) is 0 Å². The molecule has 382 valence electrons. The van der Waals surface area contributed by atoms with Crippen molar-refractivity contribution in [3.8, 4) is 12.1 Å². The molecule has 4 aromatic heterocycles. The number of fused-ring (bicyclic) bond motifs is 4. The molecule has 22 nitrogen and oxygen atoms in total. The van der Waals surface area contributed by atoms with Gasteiger partial charge in [0.1, 0.15) is 23.3 Å². The average molecular weight is 1010 g/mol. The summed E-state index contributed by atoms with van der Waals surface area (Å²) in [4.78, 5) is 70.9. The normalized spacial score (nSPS) is 13.4. The Morgan fingerprint density at radius 2 is 0.811 bits per heavy atom. The van der Waals surface area contributed by atoms with Gasteiger partial charge in [0, 0.05) is 122 Å². The van der Waals surface area contributed by atoms with E-state index in [1.54, 1.807) is 12.4 Å². The fraction of sp³-hybridized carbons (Fsp3) is 0.231. The predicted molar refractivity (Wildman–Crippen MR) is 269 cm³/mol. The van der Waals surface area contributed by atoms with Crippen LogP contribution in [0.15, 0.2) is 119 Å². The molecule has 8 N–H and O–H groups in total. The lowest BCUT2D eigenvalue weighted by Gasteiger charge is -2.36. The number of hydrogen-bond donors (Lipinski definition) is 8. The zero-order chi connectivity index (χ0) is 53.3. The molecule has 6 heterocycles. The van der Waals surface area contributed by atoms with Gasteiger partial charge < -0.3 is 59.2 Å². The van der Waals surface area contributed by atoms with Crippen molar-refractivity contribution in [3.63, 3.8) is 0 Å². The minimum atomic E-state index is -1.82. The maximum absolute atomic E-state index is 9.42. The average Bonchev–Trinajstić information content (AvgIpc) is 4.23. The number of aromatic nitrogens is 2. The molecule has 0 aliphatic carbocycles. The van der Waals surface area contributed by atoms with E-state index in [4.69, 9.17) is 68.2 Å². The fourth-order valence-corrected chi connectivity index (χ4v) is 8.47. The molecule has 0 bridgehead atoms. The number of piperazine rings is 2. The summed E-state index contributed by atoms with van der Waals surface area (Å²) in [5.41, 5.74) is 10.3. The first-order chi connectivity index (χ1) is 35.6. The molecule has 22 heteroatoms. The minimum Gasteiger partial charge on any atom is -0.473 e. The number of benzene rings is 4. The van der Waals surface area contributed by atoms with Crippen LogP contribution in [0, 0.1) is 22.7 Å². The van der Waals surface area contributed by atoms with Gasteiger partial charge >= 0.3 is 35.8 Å². The Labute approximate surface area is 420 Å². The predicted octanol–water partition coefficient (Wildman–Crippen LogP) is 5.77. The molecule has 4 aromatic carbocycles. The van der Waals surface area contributed by atoms with Crippen molar-refractivity contribution in [3.05, 3.63) is 132 Å². The summed E-state index contributed by atoms with van der Waals surface area (Å²) in [7, 11) is 0. The lowest BCUT2D eigenvalue weighted by atomic mass is 10.1. The third-order valence-electron chi connectivity index (χ3n) is 12.1. The zero-order valence-electron chi connectivity index (χ0n) is 39.5. The van der Waals surface area contributed by atoms with E-state index in [0.717, 1.165) is 134 Å². The van der Waals surface area contributed by atoms with E-state index in [1.807, 2.05) is 48.9 Å². The van der Waals surface area contributed by atoms with Crippen LogP contribution in [0.5, 0.6) is 0 Å². The van der Waals surface area contributed by atoms with Gasteiger partial charge in [0.05, 0.1) is 23.7 Å². The molecule has 10 rings (SSSR count). The number of carboxylic acid groups (broad SMARTS) is 6. The second kappa shape index (κ2) is 25.5. The number of carbonyl (C=O) groups is 6. The number of H-pyrrole nitrogens is 2. The molecule has 2 fully saturated rings. The third-order valence-corrected chi connectivity index (χ3v) is 12.1. The van der Waals surface area contributed by atoms with Gasteiger partial charge in [0.15, 0.2) is 0 Å². The number of nitriles is 2. The highest BCUT2D eigenvalue weighted by molar-refractivity contribution is 6.28. The zero-order valence-corrected chi connectivity index (χ0v) is 39.5. The summed E-state index contributed by atoms with van der Waals surface area (Å²) in [5, 5.41) is 67.7. The number of anilines is 2. The van der Waals surface area contributed by atoms with Crippen molar-refractivity contribution in [1.82, 2.24) is 19.8 Å². The summed E-state index contributed by atoms with van der Waals surface area (Å²) in [5.74, 6) is -10.9. The molecular weight excluding hydrogens is 961 g/mol. The molecule has 0 amide bonds. The van der Waals surface area contributed by atoms with Gasteiger partial charge in [-0.05, 0) is 60.4 Å². The summed E-state index contributed by atoms with van der Waals surface area (Å²) in [6.07, 6.45) is 9.42. The standard InChI is InChI=1S/2C23H22N4O.3C2H2O4/c2*24-14-18-15-25-20-5-3-6-21(23(18)20)27-12-10-26(11-13-27)9-8-17-16-28-22-7-2-1-4-19(17)22;3*3-1(4)2(5)6/h2*1-7,15-16,25H,8-13H2;3*(H,3,4)(H,5,6). The number of aromatic amines is 2. The van der Waals surface area contributed by atoms with Crippen LogP contribution in [0.3, 0.4) is 0 Å². The van der Waals surface area contributed by atoms with Crippen LogP contribution >= 0.6 is 0 Å². The van der Waals surface area contributed by atoms with Gasteiger partial charge in [0.2, 0.25) is 0 Å². The number of carboxylic acids is 6. The molecule has 0 saturated carbocycles. The number of rotatable bonds is 8. The molecular formula is C52H50N8O14. The molecule has 2 aliphatic rings. The van der Waals surface area contributed by atoms with Crippen molar-refractivity contribution < 1.29 is 68.2 Å². The number of hydrogen-bond acceptors (Lipinski definition) is 14. The van der Waals surface area contributed by atoms with E-state index >= 15 is 0 Å². The minimum absolute atomic E-state index is 0.722. The van der Waals surface area contributed by atoms with Crippen LogP contribution in [-0.4, -0.2) is 152 Å². The molecule has 0 atom stereocenters. The monoisotopic (exact) mass is 1010 g/mol. The van der Waals surface area contributed by atoms with Gasteiger partial charge in [-0.25, -0.2) is 28.8 Å². The first-order valence-electron chi connectivity index (χ1n) is 22.8. The molecule has 0 spiro atoms. The molecule has 2 saturated heterocycles. The van der Waals surface area contributed by atoms with Gasteiger partial charge in [-0.2, -0.15) is 10.5 Å². The van der Waals surface area contributed by atoms with Crippen LogP contribution in [-0.2, 0) is 41.6 Å². The van der Waals surface area contributed by atoms with E-state index < -0.39 is 35.8 Å². The highest BCUT2D eigenvalue weighted by Gasteiger charge is 2.23. The van der Waals surface area contributed by atoms with E-state index in [9.17, 15) is 10.5 Å². The van der Waals surface area contributed by atoms with Gasteiger partial charge in [-0.3, -0.25) is 9.80 Å². The topological polar surface area (TPSA) is 342 Å². The first-order valence-corrected chi connectivity index (χ1v) is 22.8. The van der Waals surface area contributed by atoms with Crippen LogP contribution < -0.4 is 9.80 Å². The van der Waals surface area contributed by atoms with Crippen molar-refractivity contribution in [2.45, 2.75) is 12.8 Å². The first kappa shape index (κ1) is 53.7. The van der Waals surface area contributed by atoms with Crippen LogP contribution in [0.4, 0.5) is 11.4 Å². The molecule has 2 aliphatic heterocycles. The SMILES string of the molecule is N#Cc1c[nH]c2cccc(N3CCN(CCc4coc5ccccc45)CC3)c12.N#Cc1c[nH]c2cccc(N3CCN(CCc4coc5ccccc45)CC3)c12.O=C(O)C(=O)O.O=C(O)C(=O)O.O=C(O)C(=O)O. The summed E-state index contributed by atoms with van der Waals surface area (Å²) < 4.78 is 11.3. The van der Waals surface area contributed by atoms with Crippen molar-refractivity contribution >= 4 is 90.9 Å². The number of nitrogens with zero attached hydrogens (tertiary/aromatic N) is 6. The number of para-hydroxylation sites is 2. The smallest absolute Gasteiger partial charge is 0.414 e. The van der Waals surface area contributed by atoms with Crippen molar-refractivity contribution in [2.75, 3.05) is 75.2 Å².